The van der Waals surface area contributed by atoms with Crippen molar-refractivity contribution in [2.75, 3.05) is 5.88 Å². The SMILES string of the molecule is O=c1ncc(Br)cn1C(O)CCCl. The van der Waals surface area contributed by atoms with E-state index in [4.69, 9.17) is 11.6 Å². The number of halogens is 2. The molecule has 1 unspecified atom stereocenters. The summed E-state index contributed by atoms with van der Waals surface area (Å²) in [6, 6.07) is 0. The number of alkyl halides is 1. The van der Waals surface area contributed by atoms with Crippen molar-refractivity contribution in [2.24, 2.45) is 0 Å². The number of aliphatic hydroxyl groups is 1. The summed E-state index contributed by atoms with van der Waals surface area (Å²) in [5.74, 6) is 0.292. The first-order valence-electron chi connectivity index (χ1n) is 3.63. The summed E-state index contributed by atoms with van der Waals surface area (Å²) in [7, 11) is 0. The van der Waals surface area contributed by atoms with Crippen molar-refractivity contribution in [2.45, 2.75) is 12.6 Å². The fraction of sp³-hybridized carbons (Fsp3) is 0.429. The van der Waals surface area contributed by atoms with Gasteiger partial charge in [-0.2, -0.15) is 0 Å². The van der Waals surface area contributed by atoms with E-state index in [1.807, 2.05) is 0 Å². The molecule has 0 amide bonds. The van der Waals surface area contributed by atoms with Crippen LogP contribution in [0, 0.1) is 0 Å². The Morgan fingerprint density at radius 1 is 1.77 bits per heavy atom. The molecular weight excluding hydrogens is 259 g/mol. The summed E-state index contributed by atoms with van der Waals surface area (Å²) in [5.41, 5.74) is -0.485. The minimum Gasteiger partial charge on any atom is -0.373 e. The smallest absolute Gasteiger partial charge is 0.349 e. The molecule has 1 aromatic heterocycles. The molecule has 1 rings (SSSR count). The standard InChI is InChI=1S/C7H8BrClN2O2/c8-5-3-10-7(13)11(4-5)6(12)1-2-9/h3-4,6,12H,1-2H2. The van der Waals surface area contributed by atoms with Crippen LogP contribution < -0.4 is 5.69 Å². The zero-order valence-corrected chi connectivity index (χ0v) is 8.99. The van der Waals surface area contributed by atoms with E-state index in [0.29, 0.717) is 16.8 Å². The highest BCUT2D eigenvalue weighted by atomic mass is 79.9. The first-order chi connectivity index (χ1) is 6.15. The van der Waals surface area contributed by atoms with Gasteiger partial charge in [-0.15, -0.1) is 11.6 Å². The van der Waals surface area contributed by atoms with Crippen LogP contribution in [0.5, 0.6) is 0 Å². The molecule has 0 radical (unpaired) electrons. The van der Waals surface area contributed by atoms with Gasteiger partial charge in [0.1, 0.15) is 6.23 Å². The molecule has 0 bridgehead atoms. The molecule has 0 aliphatic rings. The molecule has 1 N–H and O–H groups in total. The first kappa shape index (κ1) is 10.7. The molecule has 0 spiro atoms. The lowest BCUT2D eigenvalue weighted by atomic mass is 10.4. The predicted octanol–water partition coefficient (Wildman–Crippen LogP) is 1.13. The van der Waals surface area contributed by atoms with Crippen LogP contribution in [0.25, 0.3) is 0 Å². The average molecular weight is 268 g/mol. The lowest BCUT2D eigenvalue weighted by Crippen LogP contribution is -2.26. The van der Waals surface area contributed by atoms with Gasteiger partial charge < -0.3 is 5.11 Å². The Morgan fingerprint density at radius 2 is 2.46 bits per heavy atom. The van der Waals surface area contributed by atoms with Crippen molar-refractivity contribution >= 4 is 27.5 Å². The number of nitrogens with zero attached hydrogens (tertiary/aromatic N) is 2. The van der Waals surface area contributed by atoms with Gasteiger partial charge in [-0.05, 0) is 15.9 Å². The van der Waals surface area contributed by atoms with Gasteiger partial charge in [-0.25, -0.2) is 9.78 Å². The fourth-order valence-corrected chi connectivity index (χ4v) is 1.37. The maximum absolute atomic E-state index is 11.1. The van der Waals surface area contributed by atoms with Crippen LogP contribution in [-0.2, 0) is 0 Å². The summed E-state index contributed by atoms with van der Waals surface area (Å²) in [6.45, 7) is 0. The van der Waals surface area contributed by atoms with E-state index < -0.39 is 11.9 Å². The van der Waals surface area contributed by atoms with Gasteiger partial charge in [0.2, 0.25) is 0 Å². The molecule has 0 saturated carbocycles. The molecule has 1 aromatic rings. The normalized spacial score (nSPS) is 12.8. The Bertz CT molecular complexity index is 342. The molecular formula is C7H8BrClN2O2. The Balaban J connectivity index is 2.99. The molecule has 13 heavy (non-hydrogen) atoms. The second-order valence-electron chi connectivity index (χ2n) is 2.42. The van der Waals surface area contributed by atoms with Crippen molar-refractivity contribution in [3.05, 3.63) is 27.4 Å². The van der Waals surface area contributed by atoms with Gasteiger partial charge in [0, 0.05) is 24.7 Å². The first-order valence-corrected chi connectivity index (χ1v) is 4.95. The second kappa shape index (κ2) is 4.74. The number of hydrogen-bond acceptors (Lipinski definition) is 3. The van der Waals surface area contributed by atoms with Gasteiger partial charge in [0.05, 0.1) is 4.47 Å². The minimum atomic E-state index is -0.907. The quantitative estimate of drug-likeness (QED) is 0.835. The number of rotatable bonds is 3. The van der Waals surface area contributed by atoms with Crippen molar-refractivity contribution in [3.8, 4) is 0 Å². The largest absolute Gasteiger partial charge is 0.373 e. The molecule has 0 aromatic carbocycles. The summed E-state index contributed by atoms with van der Waals surface area (Å²) < 4.78 is 1.77. The summed E-state index contributed by atoms with van der Waals surface area (Å²) in [6.07, 6.45) is 2.27. The van der Waals surface area contributed by atoms with Crippen molar-refractivity contribution in [1.82, 2.24) is 9.55 Å². The van der Waals surface area contributed by atoms with E-state index in [-0.39, 0.29) is 0 Å². The van der Waals surface area contributed by atoms with E-state index in [9.17, 15) is 9.90 Å². The monoisotopic (exact) mass is 266 g/mol. The molecule has 0 aliphatic carbocycles. The summed E-state index contributed by atoms with van der Waals surface area (Å²) >= 11 is 8.58. The van der Waals surface area contributed by atoms with E-state index in [1.165, 1.54) is 12.4 Å². The summed E-state index contributed by atoms with van der Waals surface area (Å²) in [5, 5.41) is 9.44. The molecule has 6 heteroatoms. The molecule has 1 atom stereocenters. The predicted molar refractivity (Wildman–Crippen MR) is 52.8 cm³/mol. The number of aliphatic hydroxyl groups excluding tert-OH is 1. The number of hydrogen-bond donors (Lipinski definition) is 1. The summed E-state index contributed by atoms with van der Waals surface area (Å²) in [4.78, 5) is 14.7. The Labute approximate surface area is 88.3 Å². The van der Waals surface area contributed by atoms with Crippen molar-refractivity contribution < 1.29 is 5.11 Å². The van der Waals surface area contributed by atoms with Gasteiger partial charge in [-0.3, -0.25) is 4.57 Å². The Hall–Kier alpha value is -0.390. The van der Waals surface area contributed by atoms with Crippen molar-refractivity contribution in [1.29, 1.82) is 0 Å². The zero-order chi connectivity index (χ0) is 9.84. The molecule has 72 valence electrons. The lowest BCUT2D eigenvalue weighted by Gasteiger charge is -2.11. The van der Waals surface area contributed by atoms with Gasteiger partial charge in [0.15, 0.2) is 0 Å². The van der Waals surface area contributed by atoms with E-state index in [1.54, 1.807) is 0 Å². The van der Waals surface area contributed by atoms with Crippen LogP contribution in [0.1, 0.15) is 12.6 Å². The van der Waals surface area contributed by atoms with Gasteiger partial charge in [0.25, 0.3) is 0 Å². The van der Waals surface area contributed by atoms with Crippen LogP contribution in [0.4, 0.5) is 0 Å². The molecule has 0 saturated heterocycles. The van der Waals surface area contributed by atoms with Crippen LogP contribution in [-0.4, -0.2) is 20.5 Å². The van der Waals surface area contributed by atoms with Crippen molar-refractivity contribution in [3.63, 3.8) is 0 Å². The highest BCUT2D eigenvalue weighted by molar-refractivity contribution is 9.10. The lowest BCUT2D eigenvalue weighted by molar-refractivity contribution is 0.0953. The van der Waals surface area contributed by atoms with E-state index in [2.05, 4.69) is 20.9 Å². The molecule has 0 fully saturated rings. The van der Waals surface area contributed by atoms with Crippen LogP contribution >= 0.6 is 27.5 Å². The average Bonchev–Trinajstić information content (AvgIpc) is 2.09. The van der Waals surface area contributed by atoms with E-state index in [0.717, 1.165) is 4.57 Å². The number of aromatic nitrogens is 2. The molecule has 0 aliphatic heterocycles. The minimum absolute atomic E-state index is 0.292. The Morgan fingerprint density at radius 3 is 3.08 bits per heavy atom. The zero-order valence-electron chi connectivity index (χ0n) is 6.65. The van der Waals surface area contributed by atoms with Crippen LogP contribution in [0.2, 0.25) is 0 Å². The molecule has 1 heterocycles. The third kappa shape index (κ3) is 2.79. The van der Waals surface area contributed by atoms with Gasteiger partial charge in [-0.1, -0.05) is 0 Å². The topological polar surface area (TPSA) is 55.1 Å². The highest BCUT2D eigenvalue weighted by Gasteiger charge is 2.07. The maximum atomic E-state index is 11.1. The third-order valence-electron chi connectivity index (χ3n) is 1.47. The maximum Gasteiger partial charge on any atom is 0.349 e. The van der Waals surface area contributed by atoms with Crippen LogP contribution in [0.15, 0.2) is 21.7 Å². The third-order valence-corrected chi connectivity index (χ3v) is 2.10. The highest BCUT2D eigenvalue weighted by Crippen LogP contribution is 2.09. The van der Waals surface area contributed by atoms with E-state index >= 15 is 0 Å². The van der Waals surface area contributed by atoms with Gasteiger partial charge >= 0.3 is 5.69 Å². The fourth-order valence-electron chi connectivity index (χ4n) is 0.855. The van der Waals surface area contributed by atoms with Crippen LogP contribution in [0.3, 0.4) is 0 Å². The second-order valence-corrected chi connectivity index (χ2v) is 3.71. The Kier molecular flexibility index (Phi) is 3.90. The molecule has 4 nitrogen and oxygen atoms in total.